The Kier molecular flexibility index (Phi) is 4.46. The molecule has 3 heterocycles. The van der Waals surface area contributed by atoms with Crippen molar-refractivity contribution < 1.29 is 9.53 Å². The molecule has 26 heavy (non-hydrogen) atoms. The number of hydrogen-bond acceptors (Lipinski definition) is 4. The Labute approximate surface area is 152 Å². The van der Waals surface area contributed by atoms with E-state index < -0.39 is 0 Å². The lowest BCUT2D eigenvalue weighted by Gasteiger charge is -2.32. The van der Waals surface area contributed by atoms with Crippen LogP contribution in [-0.2, 0) is 23.0 Å². The molecule has 2 aromatic heterocycles. The van der Waals surface area contributed by atoms with E-state index in [1.807, 2.05) is 53.9 Å². The van der Waals surface area contributed by atoms with Crippen LogP contribution in [0.1, 0.15) is 29.9 Å². The molecule has 1 N–H and O–H groups in total. The molecule has 0 radical (unpaired) electrons. The molecule has 1 atom stereocenters. The Morgan fingerprint density at radius 1 is 1.35 bits per heavy atom. The fraction of sp³-hybridized carbons (Fsp3) is 0.421. The van der Waals surface area contributed by atoms with Crippen LogP contribution in [0.2, 0.25) is 0 Å². The van der Waals surface area contributed by atoms with Crippen molar-refractivity contribution in [2.24, 2.45) is 7.05 Å². The van der Waals surface area contributed by atoms with Gasteiger partial charge in [-0.2, -0.15) is 0 Å². The van der Waals surface area contributed by atoms with Crippen molar-refractivity contribution in [2.45, 2.75) is 25.9 Å². The van der Waals surface area contributed by atoms with Crippen molar-refractivity contribution in [1.29, 1.82) is 0 Å². The molecule has 1 aromatic carbocycles. The van der Waals surface area contributed by atoms with E-state index in [4.69, 9.17) is 4.74 Å². The van der Waals surface area contributed by atoms with Gasteiger partial charge in [-0.15, -0.1) is 0 Å². The molecular weight excluding hydrogens is 330 g/mol. The van der Waals surface area contributed by atoms with E-state index in [0.29, 0.717) is 32.5 Å². The van der Waals surface area contributed by atoms with Crippen molar-refractivity contribution in [1.82, 2.24) is 24.4 Å². The first-order valence-electron chi connectivity index (χ1n) is 8.93. The van der Waals surface area contributed by atoms with Crippen LogP contribution in [0.25, 0.3) is 11.0 Å². The number of benzene rings is 1. The smallest absolute Gasteiger partial charge is 0.223 e. The molecule has 7 heteroatoms. The van der Waals surface area contributed by atoms with E-state index in [1.54, 1.807) is 0 Å². The molecule has 1 fully saturated rings. The van der Waals surface area contributed by atoms with Crippen LogP contribution in [0.3, 0.4) is 0 Å². The molecule has 1 aliphatic heterocycles. The predicted octanol–water partition coefficient (Wildman–Crippen LogP) is 2.14. The zero-order chi connectivity index (χ0) is 18.1. The van der Waals surface area contributed by atoms with Crippen LogP contribution < -0.4 is 0 Å². The number of ether oxygens (including phenoxy) is 1. The van der Waals surface area contributed by atoms with Gasteiger partial charge in [0.2, 0.25) is 5.91 Å². The van der Waals surface area contributed by atoms with Gasteiger partial charge in [-0.25, -0.2) is 9.97 Å². The van der Waals surface area contributed by atoms with Gasteiger partial charge >= 0.3 is 0 Å². The van der Waals surface area contributed by atoms with Gasteiger partial charge in [0.1, 0.15) is 17.8 Å². The summed E-state index contributed by atoms with van der Waals surface area (Å²) in [6, 6.07) is 7.90. The number of imidazole rings is 2. The standard InChI is InChI=1S/C19H23N5O2/c1-13-11-23(2)19(20-13)16-12-24(9-10-26-16)18(25)8-7-17-21-14-5-3-4-6-15(14)22-17/h3-6,11,16H,7-10,12H2,1-2H3,(H,21,22)/t16-/m0/s1. The van der Waals surface area contributed by atoms with E-state index in [-0.39, 0.29) is 12.0 Å². The maximum Gasteiger partial charge on any atom is 0.223 e. The number of amides is 1. The topological polar surface area (TPSA) is 76.0 Å². The largest absolute Gasteiger partial charge is 0.367 e. The Morgan fingerprint density at radius 2 is 2.19 bits per heavy atom. The highest BCUT2D eigenvalue weighted by Crippen LogP contribution is 2.22. The normalized spacial score (nSPS) is 17.8. The van der Waals surface area contributed by atoms with Crippen LogP contribution in [0.15, 0.2) is 30.5 Å². The van der Waals surface area contributed by atoms with Gasteiger partial charge in [0.25, 0.3) is 0 Å². The minimum Gasteiger partial charge on any atom is -0.367 e. The maximum atomic E-state index is 12.7. The summed E-state index contributed by atoms with van der Waals surface area (Å²) in [6.45, 7) is 3.66. The van der Waals surface area contributed by atoms with E-state index in [2.05, 4.69) is 15.0 Å². The van der Waals surface area contributed by atoms with E-state index in [1.165, 1.54) is 0 Å². The lowest BCUT2D eigenvalue weighted by Crippen LogP contribution is -2.43. The van der Waals surface area contributed by atoms with Crippen LogP contribution in [0, 0.1) is 6.92 Å². The highest BCUT2D eigenvalue weighted by atomic mass is 16.5. The van der Waals surface area contributed by atoms with Gasteiger partial charge < -0.3 is 19.2 Å². The number of H-pyrrole nitrogens is 1. The molecule has 3 aromatic rings. The van der Waals surface area contributed by atoms with Gasteiger partial charge in [-0.1, -0.05) is 12.1 Å². The molecule has 0 unspecified atom stereocenters. The summed E-state index contributed by atoms with van der Waals surface area (Å²) in [4.78, 5) is 26.9. The monoisotopic (exact) mass is 353 g/mol. The second kappa shape index (κ2) is 6.92. The third-order valence-electron chi connectivity index (χ3n) is 4.75. The van der Waals surface area contributed by atoms with Crippen molar-refractivity contribution in [2.75, 3.05) is 19.7 Å². The van der Waals surface area contributed by atoms with Gasteiger partial charge in [-0.3, -0.25) is 4.79 Å². The molecule has 0 bridgehead atoms. The Hall–Kier alpha value is -2.67. The lowest BCUT2D eigenvalue weighted by atomic mass is 10.2. The molecule has 4 rings (SSSR count). The van der Waals surface area contributed by atoms with Gasteiger partial charge in [-0.05, 0) is 19.1 Å². The number of rotatable bonds is 4. The third-order valence-corrected chi connectivity index (χ3v) is 4.75. The quantitative estimate of drug-likeness (QED) is 0.780. The average molecular weight is 353 g/mol. The number of para-hydroxylation sites is 2. The van der Waals surface area contributed by atoms with Crippen LogP contribution >= 0.6 is 0 Å². The predicted molar refractivity (Wildman–Crippen MR) is 97.6 cm³/mol. The number of morpholine rings is 1. The Balaban J connectivity index is 1.38. The molecule has 7 nitrogen and oxygen atoms in total. The summed E-state index contributed by atoms with van der Waals surface area (Å²) >= 11 is 0. The first-order valence-corrected chi connectivity index (χ1v) is 8.93. The zero-order valence-corrected chi connectivity index (χ0v) is 15.1. The number of aromatic nitrogens is 4. The van der Waals surface area contributed by atoms with Crippen LogP contribution in [-0.4, -0.2) is 50.0 Å². The van der Waals surface area contributed by atoms with Crippen molar-refractivity contribution in [3.63, 3.8) is 0 Å². The lowest BCUT2D eigenvalue weighted by molar-refractivity contribution is -0.139. The van der Waals surface area contributed by atoms with Crippen LogP contribution in [0.5, 0.6) is 0 Å². The molecule has 1 aliphatic rings. The summed E-state index contributed by atoms with van der Waals surface area (Å²) < 4.78 is 7.82. The maximum absolute atomic E-state index is 12.7. The molecule has 0 saturated carbocycles. The first-order chi connectivity index (χ1) is 12.6. The second-order valence-corrected chi connectivity index (χ2v) is 6.75. The van der Waals surface area contributed by atoms with Gasteiger partial charge in [0.05, 0.1) is 29.9 Å². The summed E-state index contributed by atoms with van der Waals surface area (Å²) in [6.07, 6.45) is 2.85. The number of hydrogen-bond donors (Lipinski definition) is 1. The number of aryl methyl sites for hydroxylation is 3. The second-order valence-electron chi connectivity index (χ2n) is 6.75. The minimum atomic E-state index is -0.169. The van der Waals surface area contributed by atoms with Crippen molar-refractivity contribution in [3.8, 4) is 0 Å². The Bertz CT molecular complexity index is 896. The molecule has 136 valence electrons. The number of nitrogens with zero attached hydrogens (tertiary/aromatic N) is 4. The molecular formula is C19H23N5O2. The average Bonchev–Trinajstić information content (AvgIpc) is 3.21. The fourth-order valence-electron chi connectivity index (χ4n) is 3.47. The minimum absolute atomic E-state index is 0.129. The molecule has 1 saturated heterocycles. The molecule has 0 spiro atoms. The summed E-state index contributed by atoms with van der Waals surface area (Å²) in [5.41, 5.74) is 2.90. The summed E-state index contributed by atoms with van der Waals surface area (Å²) in [5.74, 6) is 1.85. The van der Waals surface area contributed by atoms with Crippen LogP contribution in [0.4, 0.5) is 0 Å². The van der Waals surface area contributed by atoms with Gasteiger partial charge in [0, 0.05) is 32.6 Å². The van der Waals surface area contributed by atoms with E-state index in [9.17, 15) is 4.79 Å². The SMILES string of the molecule is Cc1cn(C)c([C@@H]2CN(C(=O)CCc3nc4ccccc4[nH]3)CCO2)n1. The molecule has 0 aliphatic carbocycles. The Morgan fingerprint density at radius 3 is 2.96 bits per heavy atom. The summed E-state index contributed by atoms with van der Waals surface area (Å²) in [7, 11) is 1.96. The first kappa shape index (κ1) is 16.8. The fourth-order valence-corrected chi connectivity index (χ4v) is 3.47. The highest BCUT2D eigenvalue weighted by Gasteiger charge is 2.28. The van der Waals surface area contributed by atoms with Crippen molar-refractivity contribution in [3.05, 3.63) is 47.8 Å². The number of fused-ring (bicyclic) bond motifs is 1. The number of carbonyl (C=O) groups excluding carboxylic acids is 1. The van der Waals surface area contributed by atoms with Crippen molar-refractivity contribution >= 4 is 16.9 Å². The number of carbonyl (C=O) groups is 1. The molecule has 1 amide bonds. The number of nitrogens with one attached hydrogen (secondary N) is 1. The van der Waals surface area contributed by atoms with E-state index in [0.717, 1.165) is 28.4 Å². The van der Waals surface area contributed by atoms with Gasteiger partial charge in [0.15, 0.2) is 0 Å². The number of aromatic amines is 1. The third kappa shape index (κ3) is 3.35. The summed E-state index contributed by atoms with van der Waals surface area (Å²) in [5, 5.41) is 0. The zero-order valence-electron chi connectivity index (χ0n) is 15.1. The van der Waals surface area contributed by atoms with E-state index >= 15 is 0 Å². The highest BCUT2D eigenvalue weighted by molar-refractivity contribution is 5.77.